The van der Waals surface area contributed by atoms with Gasteiger partial charge in [0.2, 0.25) is 0 Å². The van der Waals surface area contributed by atoms with Crippen LogP contribution in [0.15, 0.2) is 0 Å². The van der Waals surface area contributed by atoms with Crippen LogP contribution in [0.5, 0.6) is 0 Å². The molecule has 0 saturated heterocycles. The first-order valence-corrected chi connectivity index (χ1v) is 4.61. The molecule has 0 bridgehead atoms. The van der Waals surface area contributed by atoms with E-state index in [0.717, 1.165) is 12.8 Å². The van der Waals surface area contributed by atoms with Gasteiger partial charge in [0, 0.05) is 6.04 Å². The molecule has 11 heavy (non-hydrogen) atoms. The summed E-state index contributed by atoms with van der Waals surface area (Å²) in [6, 6.07) is -0.280. The van der Waals surface area contributed by atoms with E-state index in [1.54, 1.807) is 6.92 Å². The maximum Gasteiger partial charge on any atom is 0.118 e. The highest BCUT2D eigenvalue weighted by Crippen LogP contribution is 2.28. The summed E-state index contributed by atoms with van der Waals surface area (Å²) >= 11 is 0. The van der Waals surface area contributed by atoms with Gasteiger partial charge in [-0.3, -0.25) is 0 Å². The first kappa shape index (κ1) is 8.98. The van der Waals surface area contributed by atoms with E-state index in [-0.39, 0.29) is 12.0 Å². The minimum Gasteiger partial charge on any atom is -0.325 e. The summed E-state index contributed by atoms with van der Waals surface area (Å²) in [6.45, 7) is 1.76. The number of hydrogen-bond acceptors (Lipinski definition) is 1. The lowest BCUT2D eigenvalue weighted by Crippen LogP contribution is -2.35. The summed E-state index contributed by atoms with van der Waals surface area (Å²) in [7, 11) is 0. The van der Waals surface area contributed by atoms with E-state index in [1.807, 2.05) is 0 Å². The number of alkyl halides is 1. The third-order valence-electron chi connectivity index (χ3n) is 2.60. The Morgan fingerprint density at radius 2 is 1.82 bits per heavy atom. The van der Waals surface area contributed by atoms with E-state index >= 15 is 0 Å². The fraction of sp³-hybridized carbons (Fsp3) is 1.00. The molecule has 1 aliphatic rings. The molecular formula is C9H18FN. The van der Waals surface area contributed by atoms with Crippen LogP contribution < -0.4 is 5.73 Å². The van der Waals surface area contributed by atoms with Crippen molar-refractivity contribution in [1.82, 2.24) is 0 Å². The van der Waals surface area contributed by atoms with Crippen LogP contribution in [-0.4, -0.2) is 12.2 Å². The van der Waals surface area contributed by atoms with Crippen LogP contribution in [0.4, 0.5) is 4.39 Å². The molecule has 0 heterocycles. The van der Waals surface area contributed by atoms with Crippen molar-refractivity contribution in [2.24, 2.45) is 11.7 Å². The van der Waals surface area contributed by atoms with Gasteiger partial charge in [-0.1, -0.05) is 19.3 Å². The molecule has 0 radical (unpaired) electrons. The average Bonchev–Trinajstić information content (AvgIpc) is 2.05. The average molecular weight is 159 g/mol. The Kier molecular flexibility index (Phi) is 3.31. The maximum absolute atomic E-state index is 13.3. The van der Waals surface area contributed by atoms with Gasteiger partial charge in [0.1, 0.15) is 6.17 Å². The second-order valence-corrected chi connectivity index (χ2v) is 3.70. The SMILES string of the molecule is CC(N)C(F)C1CCCCC1. The summed E-state index contributed by atoms with van der Waals surface area (Å²) in [5, 5.41) is 0. The van der Waals surface area contributed by atoms with Gasteiger partial charge in [0.25, 0.3) is 0 Å². The second kappa shape index (κ2) is 4.05. The molecule has 0 aromatic rings. The number of hydrogen-bond donors (Lipinski definition) is 1. The molecule has 1 rings (SSSR count). The van der Waals surface area contributed by atoms with Crippen LogP contribution in [0.25, 0.3) is 0 Å². The number of nitrogens with two attached hydrogens (primary N) is 1. The van der Waals surface area contributed by atoms with E-state index in [2.05, 4.69) is 0 Å². The van der Waals surface area contributed by atoms with Gasteiger partial charge >= 0.3 is 0 Å². The van der Waals surface area contributed by atoms with E-state index in [0.29, 0.717) is 0 Å². The Morgan fingerprint density at radius 1 is 1.27 bits per heavy atom. The minimum absolute atomic E-state index is 0.253. The van der Waals surface area contributed by atoms with Crippen LogP contribution in [0.3, 0.4) is 0 Å². The zero-order chi connectivity index (χ0) is 8.27. The standard InChI is InChI=1S/C9H18FN/c1-7(11)9(10)8-5-3-2-4-6-8/h7-9H,2-6,11H2,1H3. The lowest BCUT2D eigenvalue weighted by Gasteiger charge is -2.26. The van der Waals surface area contributed by atoms with Gasteiger partial charge in [0.15, 0.2) is 0 Å². The van der Waals surface area contributed by atoms with Crippen LogP contribution in [0.1, 0.15) is 39.0 Å². The zero-order valence-corrected chi connectivity index (χ0v) is 7.22. The Balaban J connectivity index is 2.32. The molecule has 1 saturated carbocycles. The van der Waals surface area contributed by atoms with Crippen molar-refractivity contribution < 1.29 is 4.39 Å². The molecule has 2 atom stereocenters. The monoisotopic (exact) mass is 159 g/mol. The predicted molar refractivity (Wildman–Crippen MR) is 45.1 cm³/mol. The third-order valence-corrected chi connectivity index (χ3v) is 2.60. The predicted octanol–water partition coefficient (Wildman–Crippen LogP) is 2.25. The molecule has 1 nitrogen and oxygen atoms in total. The van der Waals surface area contributed by atoms with Gasteiger partial charge in [-0.2, -0.15) is 0 Å². The lowest BCUT2D eigenvalue weighted by molar-refractivity contribution is 0.158. The molecule has 2 heteroatoms. The maximum atomic E-state index is 13.3. The van der Waals surface area contributed by atoms with Crippen LogP contribution in [0, 0.1) is 5.92 Å². The molecule has 2 unspecified atom stereocenters. The molecule has 2 N–H and O–H groups in total. The van der Waals surface area contributed by atoms with Crippen molar-refractivity contribution in [3.63, 3.8) is 0 Å². The van der Waals surface area contributed by atoms with E-state index in [4.69, 9.17) is 5.73 Å². The van der Waals surface area contributed by atoms with E-state index in [1.165, 1.54) is 19.3 Å². The molecule has 0 aromatic heterocycles. The molecule has 1 fully saturated rings. The van der Waals surface area contributed by atoms with Crippen molar-refractivity contribution in [1.29, 1.82) is 0 Å². The molecule has 1 aliphatic carbocycles. The normalized spacial score (nSPS) is 26.5. The Labute approximate surface area is 68.2 Å². The van der Waals surface area contributed by atoms with Crippen LogP contribution in [0.2, 0.25) is 0 Å². The molecule has 0 aliphatic heterocycles. The highest BCUT2D eigenvalue weighted by atomic mass is 19.1. The molecule has 0 spiro atoms. The Morgan fingerprint density at radius 3 is 2.27 bits per heavy atom. The first-order chi connectivity index (χ1) is 5.22. The van der Waals surface area contributed by atoms with Gasteiger partial charge < -0.3 is 5.73 Å². The van der Waals surface area contributed by atoms with Crippen LogP contribution >= 0.6 is 0 Å². The van der Waals surface area contributed by atoms with Gasteiger partial charge in [-0.05, 0) is 25.7 Å². The Bertz CT molecular complexity index is 108. The van der Waals surface area contributed by atoms with Crippen molar-refractivity contribution in [3.8, 4) is 0 Å². The molecule has 0 aromatic carbocycles. The van der Waals surface area contributed by atoms with Crippen LogP contribution in [-0.2, 0) is 0 Å². The lowest BCUT2D eigenvalue weighted by atomic mass is 9.84. The van der Waals surface area contributed by atoms with Crippen molar-refractivity contribution in [2.75, 3.05) is 0 Å². The van der Waals surface area contributed by atoms with Gasteiger partial charge in [0.05, 0.1) is 0 Å². The molecule has 66 valence electrons. The summed E-state index contributed by atoms with van der Waals surface area (Å²) in [6.07, 6.45) is 4.98. The highest BCUT2D eigenvalue weighted by molar-refractivity contribution is 4.78. The van der Waals surface area contributed by atoms with E-state index < -0.39 is 6.17 Å². The summed E-state index contributed by atoms with van der Waals surface area (Å²) in [4.78, 5) is 0. The topological polar surface area (TPSA) is 26.0 Å². The third kappa shape index (κ3) is 2.44. The Hall–Kier alpha value is -0.110. The summed E-state index contributed by atoms with van der Waals surface area (Å²) < 4.78 is 13.3. The smallest absolute Gasteiger partial charge is 0.118 e. The number of halogens is 1. The second-order valence-electron chi connectivity index (χ2n) is 3.70. The zero-order valence-electron chi connectivity index (χ0n) is 7.22. The highest BCUT2D eigenvalue weighted by Gasteiger charge is 2.25. The van der Waals surface area contributed by atoms with E-state index in [9.17, 15) is 4.39 Å². The fourth-order valence-corrected chi connectivity index (χ4v) is 1.88. The van der Waals surface area contributed by atoms with Gasteiger partial charge in [-0.15, -0.1) is 0 Å². The largest absolute Gasteiger partial charge is 0.325 e. The van der Waals surface area contributed by atoms with Crippen molar-refractivity contribution in [2.45, 2.75) is 51.2 Å². The minimum atomic E-state index is -0.768. The number of rotatable bonds is 2. The quantitative estimate of drug-likeness (QED) is 0.657. The van der Waals surface area contributed by atoms with Gasteiger partial charge in [-0.25, -0.2) is 4.39 Å². The summed E-state index contributed by atoms with van der Waals surface area (Å²) in [5.74, 6) is 0.253. The fourth-order valence-electron chi connectivity index (χ4n) is 1.88. The van der Waals surface area contributed by atoms with Crippen molar-refractivity contribution in [3.05, 3.63) is 0 Å². The molecule has 0 amide bonds. The summed E-state index contributed by atoms with van der Waals surface area (Å²) in [5.41, 5.74) is 5.49. The van der Waals surface area contributed by atoms with Crippen molar-refractivity contribution >= 4 is 0 Å². The molecular weight excluding hydrogens is 141 g/mol. The first-order valence-electron chi connectivity index (χ1n) is 4.61.